The SMILES string of the molecule is O=C(O)c1c(OC2COC2)nc2ccccn12. The fourth-order valence-corrected chi connectivity index (χ4v) is 1.69. The minimum Gasteiger partial charge on any atom is -0.476 e. The van der Waals surface area contributed by atoms with Gasteiger partial charge in [0.25, 0.3) is 0 Å². The number of carbonyl (C=O) groups is 1. The van der Waals surface area contributed by atoms with Gasteiger partial charge in [-0.1, -0.05) is 6.07 Å². The smallest absolute Gasteiger partial charge is 0.358 e. The van der Waals surface area contributed by atoms with Crippen molar-refractivity contribution >= 4 is 11.6 Å². The van der Waals surface area contributed by atoms with Crippen LogP contribution in [-0.2, 0) is 4.74 Å². The normalized spacial score (nSPS) is 15.8. The van der Waals surface area contributed by atoms with Crippen molar-refractivity contribution < 1.29 is 19.4 Å². The van der Waals surface area contributed by atoms with E-state index in [4.69, 9.17) is 9.47 Å². The predicted molar refractivity (Wildman–Crippen MR) is 57.4 cm³/mol. The third-order valence-electron chi connectivity index (χ3n) is 2.59. The van der Waals surface area contributed by atoms with Crippen LogP contribution < -0.4 is 4.74 Å². The van der Waals surface area contributed by atoms with Crippen LogP contribution in [0.25, 0.3) is 5.65 Å². The van der Waals surface area contributed by atoms with Crippen LogP contribution >= 0.6 is 0 Å². The molecule has 0 bridgehead atoms. The highest BCUT2D eigenvalue weighted by molar-refractivity contribution is 5.89. The van der Waals surface area contributed by atoms with Gasteiger partial charge in [-0.2, -0.15) is 4.98 Å². The van der Waals surface area contributed by atoms with Crippen molar-refractivity contribution in [3.05, 3.63) is 30.1 Å². The van der Waals surface area contributed by atoms with Crippen LogP contribution in [0.1, 0.15) is 10.5 Å². The summed E-state index contributed by atoms with van der Waals surface area (Å²) in [5.74, 6) is -0.907. The second-order valence-corrected chi connectivity index (χ2v) is 3.78. The Bertz CT molecular complexity index is 574. The molecule has 0 aromatic carbocycles. The van der Waals surface area contributed by atoms with E-state index in [1.807, 2.05) is 0 Å². The average Bonchev–Trinajstić information content (AvgIpc) is 2.61. The monoisotopic (exact) mass is 234 g/mol. The molecular weight excluding hydrogens is 224 g/mol. The maximum Gasteiger partial charge on any atom is 0.358 e. The molecule has 1 aliphatic rings. The molecule has 0 amide bonds. The van der Waals surface area contributed by atoms with Crippen LogP contribution in [-0.4, -0.2) is 39.8 Å². The van der Waals surface area contributed by atoms with Crippen LogP contribution in [0, 0.1) is 0 Å². The molecule has 2 aromatic rings. The van der Waals surface area contributed by atoms with Gasteiger partial charge >= 0.3 is 5.97 Å². The van der Waals surface area contributed by atoms with Gasteiger partial charge in [0.2, 0.25) is 5.88 Å². The van der Waals surface area contributed by atoms with Crippen molar-refractivity contribution in [2.75, 3.05) is 13.2 Å². The molecule has 1 saturated heterocycles. The fraction of sp³-hybridized carbons (Fsp3) is 0.273. The number of hydrogen-bond acceptors (Lipinski definition) is 4. The van der Waals surface area contributed by atoms with Crippen molar-refractivity contribution in [1.82, 2.24) is 9.38 Å². The van der Waals surface area contributed by atoms with E-state index < -0.39 is 5.97 Å². The number of carboxylic acids is 1. The Morgan fingerprint density at radius 3 is 3.00 bits per heavy atom. The summed E-state index contributed by atoms with van der Waals surface area (Å²) in [6.45, 7) is 0.958. The molecule has 17 heavy (non-hydrogen) atoms. The average molecular weight is 234 g/mol. The van der Waals surface area contributed by atoms with Crippen molar-refractivity contribution in [3.63, 3.8) is 0 Å². The van der Waals surface area contributed by atoms with Crippen molar-refractivity contribution in [2.24, 2.45) is 0 Å². The molecule has 3 rings (SSSR count). The molecule has 1 fully saturated rings. The summed E-state index contributed by atoms with van der Waals surface area (Å²) in [5, 5.41) is 9.18. The van der Waals surface area contributed by atoms with Crippen LogP contribution in [0.4, 0.5) is 0 Å². The van der Waals surface area contributed by atoms with Gasteiger partial charge in [0.1, 0.15) is 11.8 Å². The first-order chi connectivity index (χ1) is 8.25. The summed E-state index contributed by atoms with van der Waals surface area (Å²) in [5.41, 5.74) is 0.604. The first-order valence-corrected chi connectivity index (χ1v) is 5.20. The standard InChI is InChI=1S/C11H10N2O4/c14-11(15)9-10(17-7-5-16-6-7)12-8-3-1-2-4-13(8)9/h1-4,7H,5-6H2,(H,14,15). The first-order valence-electron chi connectivity index (χ1n) is 5.20. The molecule has 1 aliphatic heterocycles. The Morgan fingerprint density at radius 2 is 2.35 bits per heavy atom. The third-order valence-corrected chi connectivity index (χ3v) is 2.59. The number of rotatable bonds is 3. The van der Waals surface area contributed by atoms with Crippen LogP contribution in [0.3, 0.4) is 0 Å². The Kier molecular flexibility index (Phi) is 2.22. The lowest BCUT2D eigenvalue weighted by atomic mass is 10.3. The molecular formula is C11H10N2O4. The van der Waals surface area contributed by atoms with E-state index in [9.17, 15) is 9.90 Å². The van der Waals surface area contributed by atoms with Crippen LogP contribution in [0.5, 0.6) is 5.88 Å². The van der Waals surface area contributed by atoms with E-state index in [2.05, 4.69) is 4.98 Å². The lowest BCUT2D eigenvalue weighted by molar-refractivity contribution is -0.0814. The van der Waals surface area contributed by atoms with Gasteiger partial charge in [0.15, 0.2) is 5.69 Å². The zero-order chi connectivity index (χ0) is 11.8. The van der Waals surface area contributed by atoms with Gasteiger partial charge in [-0.15, -0.1) is 0 Å². The van der Waals surface area contributed by atoms with Gasteiger partial charge in [0, 0.05) is 6.20 Å². The summed E-state index contributed by atoms with van der Waals surface area (Å²) in [6, 6.07) is 5.28. The predicted octanol–water partition coefficient (Wildman–Crippen LogP) is 0.810. The summed E-state index contributed by atoms with van der Waals surface area (Å²) < 4.78 is 12.0. The zero-order valence-electron chi connectivity index (χ0n) is 8.87. The fourth-order valence-electron chi connectivity index (χ4n) is 1.69. The van der Waals surface area contributed by atoms with Gasteiger partial charge in [-0.05, 0) is 12.1 Å². The summed E-state index contributed by atoms with van der Waals surface area (Å²) >= 11 is 0. The number of pyridine rings is 1. The highest BCUT2D eigenvalue weighted by Gasteiger charge is 2.26. The Hall–Kier alpha value is -2.08. The number of hydrogen-bond donors (Lipinski definition) is 1. The van der Waals surface area contributed by atoms with Crippen LogP contribution in [0.2, 0.25) is 0 Å². The molecule has 0 radical (unpaired) electrons. The molecule has 0 unspecified atom stereocenters. The number of imidazole rings is 1. The van der Waals surface area contributed by atoms with E-state index in [-0.39, 0.29) is 17.7 Å². The number of carboxylic acid groups (broad SMARTS) is 1. The van der Waals surface area contributed by atoms with E-state index in [0.29, 0.717) is 18.9 Å². The number of aromatic nitrogens is 2. The van der Waals surface area contributed by atoms with Gasteiger partial charge < -0.3 is 14.6 Å². The summed E-state index contributed by atoms with van der Waals surface area (Å²) in [6.07, 6.45) is 1.55. The topological polar surface area (TPSA) is 73.1 Å². The number of fused-ring (bicyclic) bond motifs is 1. The summed E-state index contributed by atoms with van der Waals surface area (Å²) in [4.78, 5) is 15.4. The van der Waals surface area contributed by atoms with E-state index in [0.717, 1.165) is 0 Å². The Morgan fingerprint density at radius 1 is 1.53 bits per heavy atom. The van der Waals surface area contributed by atoms with Gasteiger partial charge in [0.05, 0.1) is 13.2 Å². The minimum atomic E-state index is -1.06. The molecule has 0 aliphatic carbocycles. The Labute approximate surface area is 96.4 Å². The highest BCUT2D eigenvalue weighted by atomic mass is 16.6. The van der Waals surface area contributed by atoms with Crippen molar-refractivity contribution in [2.45, 2.75) is 6.10 Å². The Balaban J connectivity index is 2.08. The van der Waals surface area contributed by atoms with E-state index in [1.165, 1.54) is 4.40 Å². The first kappa shape index (κ1) is 10.1. The van der Waals surface area contributed by atoms with Crippen LogP contribution in [0.15, 0.2) is 24.4 Å². The second kappa shape index (κ2) is 3.74. The molecule has 6 nitrogen and oxygen atoms in total. The van der Waals surface area contributed by atoms with E-state index in [1.54, 1.807) is 24.4 Å². The number of ether oxygens (including phenoxy) is 2. The third kappa shape index (κ3) is 1.62. The van der Waals surface area contributed by atoms with Gasteiger partial charge in [-0.25, -0.2) is 4.79 Å². The number of aromatic carboxylic acids is 1. The molecule has 0 saturated carbocycles. The van der Waals surface area contributed by atoms with Gasteiger partial charge in [-0.3, -0.25) is 4.40 Å². The molecule has 1 N–H and O–H groups in total. The molecule has 3 heterocycles. The molecule has 88 valence electrons. The maximum absolute atomic E-state index is 11.2. The molecule has 0 atom stereocenters. The molecule has 2 aromatic heterocycles. The second-order valence-electron chi connectivity index (χ2n) is 3.78. The lowest BCUT2D eigenvalue weighted by Crippen LogP contribution is -2.39. The molecule has 6 heteroatoms. The minimum absolute atomic E-state index is 0.0486. The van der Waals surface area contributed by atoms with Crippen molar-refractivity contribution in [1.29, 1.82) is 0 Å². The quantitative estimate of drug-likeness (QED) is 0.850. The maximum atomic E-state index is 11.2. The lowest BCUT2D eigenvalue weighted by Gasteiger charge is -2.25. The van der Waals surface area contributed by atoms with E-state index >= 15 is 0 Å². The zero-order valence-corrected chi connectivity index (χ0v) is 8.87. The highest BCUT2D eigenvalue weighted by Crippen LogP contribution is 2.22. The van der Waals surface area contributed by atoms with Crippen molar-refractivity contribution in [3.8, 4) is 5.88 Å². The number of nitrogens with zero attached hydrogens (tertiary/aromatic N) is 2. The molecule has 0 spiro atoms. The largest absolute Gasteiger partial charge is 0.476 e. The summed E-state index contributed by atoms with van der Waals surface area (Å²) in [7, 11) is 0.